The Morgan fingerprint density at radius 3 is 2.64 bits per heavy atom. The van der Waals surface area contributed by atoms with Crippen LogP contribution in [-0.2, 0) is 0 Å². The molecule has 0 heterocycles. The maximum absolute atomic E-state index is 9.85. The largest absolute Gasteiger partial charge is 0.259 e. The summed E-state index contributed by atoms with van der Waals surface area (Å²) in [5.74, 6) is 0. The summed E-state index contributed by atoms with van der Waals surface area (Å²) in [4.78, 5) is 9.37. The monoisotopic (exact) mass is 153 g/mol. The molecule has 0 aromatic carbocycles. The lowest BCUT2D eigenvalue weighted by Crippen LogP contribution is -1.82. The van der Waals surface area contributed by atoms with E-state index in [2.05, 4.69) is 0 Å². The highest BCUT2D eigenvalue weighted by atomic mass is 16.6. The van der Waals surface area contributed by atoms with E-state index in [-0.39, 0.29) is 0 Å². The molecule has 0 amide bonds. The van der Waals surface area contributed by atoms with Gasteiger partial charge in [-0.2, -0.15) is 0 Å². The van der Waals surface area contributed by atoms with Gasteiger partial charge in [0.25, 0.3) is 0 Å². The summed E-state index contributed by atoms with van der Waals surface area (Å²) in [6.07, 6.45) is 7.89. The third-order valence-electron chi connectivity index (χ3n) is 1.01. The van der Waals surface area contributed by atoms with E-state index in [0.29, 0.717) is 0 Å². The fraction of sp³-hybridized carbons (Fsp3) is 0.250. The highest BCUT2D eigenvalue weighted by Crippen LogP contribution is 1.94. The van der Waals surface area contributed by atoms with E-state index < -0.39 is 4.92 Å². The van der Waals surface area contributed by atoms with Crippen molar-refractivity contribution in [3.8, 4) is 0 Å². The first-order valence-corrected chi connectivity index (χ1v) is 3.28. The molecule has 0 aliphatic rings. The number of allylic oxidation sites excluding steroid dienone is 5. The molecule has 0 saturated carbocycles. The van der Waals surface area contributed by atoms with Crippen molar-refractivity contribution in [1.29, 1.82) is 0 Å². The molecule has 0 aromatic rings. The summed E-state index contributed by atoms with van der Waals surface area (Å²) in [6.45, 7) is 3.70. The second-order valence-corrected chi connectivity index (χ2v) is 2.04. The number of nitrogens with zero attached hydrogens (tertiary/aromatic N) is 1. The second kappa shape index (κ2) is 5.41. The third kappa shape index (κ3) is 6.51. The molecule has 3 heteroatoms. The minimum Gasteiger partial charge on any atom is -0.259 e. The minimum atomic E-state index is -0.479. The summed E-state index contributed by atoms with van der Waals surface area (Å²) >= 11 is 0. The zero-order chi connectivity index (χ0) is 8.69. The van der Waals surface area contributed by atoms with E-state index in [0.717, 1.165) is 11.8 Å². The van der Waals surface area contributed by atoms with Crippen LogP contribution in [0.2, 0.25) is 0 Å². The Morgan fingerprint density at radius 2 is 2.18 bits per heavy atom. The summed E-state index contributed by atoms with van der Waals surface area (Å²) < 4.78 is 0. The van der Waals surface area contributed by atoms with Gasteiger partial charge in [0.1, 0.15) is 0 Å². The number of hydrogen-bond donors (Lipinski definition) is 0. The molecule has 3 nitrogen and oxygen atoms in total. The lowest BCUT2D eigenvalue weighted by Gasteiger charge is -1.83. The van der Waals surface area contributed by atoms with Crippen LogP contribution in [0.25, 0.3) is 0 Å². The van der Waals surface area contributed by atoms with Gasteiger partial charge in [0.15, 0.2) is 0 Å². The molecule has 0 unspecified atom stereocenters. The zero-order valence-electron chi connectivity index (χ0n) is 6.65. The van der Waals surface area contributed by atoms with Gasteiger partial charge in [-0.1, -0.05) is 18.2 Å². The molecule has 0 bridgehead atoms. The van der Waals surface area contributed by atoms with E-state index in [1.54, 1.807) is 13.0 Å². The molecule has 0 saturated heterocycles. The zero-order valence-corrected chi connectivity index (χ0v) is 6.65. The molecule has 0 fully saturated rings. The Bertz CT molecular complexity index is 214. The molecule has 0 aliphatic carbocycles. The van der Waals surface area contributed by atoms with Gasteiger partial charge in [-0.15, -0.1) is 0 Å². The van der Waals surface area contributed by atoms with Crippen molar-refractivity contribution in [2.24, 2.45) is 0 Å². The van der Waals surface area contributed by atoms with E-state index in [4.69, 9.17) is 0 Å². The maximum atomic E-state index is 9.85. The van der Waals surface area contributed by atoms with E-state index in [1.807, 2.05) is 19.1 Å². The first kappa shape index (κ1) is 9.62. The highest BCUT2D eigenvalue weighted by Gasteiger charge is 1.84. The second-order valence-electron chi connectivity index (χ2n) is 2.04. The Hall–Kier alpha value is -1.38. The van der Waals surface area contributed by atoms with Gasteiger partial charge in [0.2, 0.25) is 6.20 Å². The van der Waals surface area contributed by atoms with E-state index in [9.17, 15) is 10.1 Å². The Morgan fingerprint density at radius 1 is 1.55 bits per heavy atom. The third-order valence-corrected chi connectivity index (χ3v) is 1.01. The molecule has 0 aromatic heterocycles. The Balaban J connectivity index is 4.05. The van der Waals surface area contributed by atoms with Crippen LogP contribution in [0.3, 0.4) is 0 Å². The van der Waals surface area contributed by atoms with Crippen LogP contribution in [-0.4, -0.2) is 4.92 Å². The van der Waals surface area contributed by atoms with Crippen molar-refractivity contribution in [2.75, 3.05) is 0 Å². The van der Waals surface area contributed by atoms with Crippen molar-refractivity contribution in [3.05, 3.63) is 46.2 Å². The van der Waals surface area contributed by atoms with E-state index >= 15 is 0 Å². The van der Waals surface area contributed by atoms with Gasteiger partial charge in [-0.05, 0) is 19.4 Å². The van der Waals surface area contributed by atoms with Crippen LogP contribution >= 0.6 is 0 Å². The normalized spacial score (nSPS) is 13.1. The van der Waals surface area contributed by atoms with Crippen LogP contribution in [0.5, 0.6) is 0 Å². The quantitative estimate of drug-likeness (QED) is 0.354. The van der Waals surface area contributed by atoms with Gasteiger partial charge >= 0.3 is 0 Å². The average Bonchev–Trinajstić information content (AvgIpc) is 1.97. The summed E-state index contributed by atoms with van der Waals surface area (Å²) in [5.41, 5.74) is 0.861. The lowest BCUT2D eigenvalue weighted by molar-refractivity contribution is -0.402. The van der Waals surface area contributed by atoms with Crippen LogP contribution in [0, 0.1) is 10.1 Å². The van der Waals surface area contributed by atoms with E-state index in [1.165, 1.54) is 6.08 Å². The molecule has 60 valence electrons. The van der Waals surface area contributed by atoms with Gasteiger partial charge in [0, 0.05) is 6.08 Å². The van der Waals surface area contributed by atoms with Crippen LogP contribution < -0.4 is 0 Å². The smallest absolute Gasteiger partial charge is 0.234 e. The SMILES string of the molecule is C\C=C/C=C(C)\C=C\[N+](=O)[O-]. The molecule has 0 aliphatic heterocycles. The highest BCUT2D eigenvalue weighted by molar-refractivity contribution is 5.19. The molecule has 0 N–H and O–H groups in total. The number of rotatable bonds is 3. The predicted molar refractivity (Wildman–Crippen MR) is 44.7 cm³/mol. The summed E-state index contributed by atoms with van der Waals surface area (Å²) in [5, 5.41) is 9.85. The minimum absolute atomic E-state index is 0.479. The fourth-order valence-corrected chi connectivity index (χ4v) is 0.482. The Kier molecular flexibility index (Phi) is 4.73. The molecular weight excluding hydrogens is 142 g/mol. The Labute approximate surface area is 65.9 Å². The molecule has 0 spiro atoms. The van der Waals surface area contributed by atoms with Crippen LogP contribution in [0.1, 0.15) is 13.8 Å². The van der Waals surface area contributed by atoms with Crippen molar-refractivity contribution in [3.63, 3.8) is 0 Å². The fourth-order valence-electron chi connectivity index (χ4n) is 0.482. The maximum Gasteiger partial charge on any atom is 0.234 e. The molecule has 0 atom stereocenters. The van der Waals surface area contributed by atoms with Gasteiger partial charge in [0.05, 0.1) is 4.92 Å². The van der Waals surface area contributed by atoms with Crippen LogP contribution in [0.4, 0.5) is 0 Å². The predicted octanol–water partition coefficient (Wildman–Crippen LogP) is 2.30. The van der Waals surface area contributed by atoms with Gasteiger partial charge in [-0.3, -0.25) is 10.1 Å². The summed E-state index contributed by atoms with van der Waals surface area (Å²) in [6, 6.07) is 0. The van der Waals surface area contributed by atoms with Crippen molar-refractivity contribution in [1.82, 2.24) is 0 Å². The molecule has 11 heavy (non-hydrogen) atoms. The lowest BCUT2D eigenvalue weighted by atomic mass is 10.3. The molecular formula is C8H11NO2. The topological polar surface area (TPSA) is 43.1 Å². The first-order valence-electron chi connectivity index (χ1n) is 3.28. The van der Waals surface area contributed by atoms with Crippen molar-refractivity contribution < 1.29 is 4.92 Å². The number of hydrogen-bond acceptors (Lipinski definition) is 2. The molecule has 0 radical (unpaired) electrons. The first-order chi connectivity index (χ1) is 5.16. The van der Waals surface area contributed by atoms with Crippen LogP contribution in [0.15, 0.2) is 36.1 Å². The van der Waals surface area contributed by atoms with Gasteiger partial charge in [-0.25, -0.2) is 0 Å². The standard InChI is InChI=1S/C8H11NO2/c1-3-4-5-8(2)6-7-9(10)11/h3-7H,1-2H3/b4-3-,7-6+,8-5-. The summed E-state index contributed by atoms with van der Waals surface area (Å²) in [7, 11) is 0. The van der Waals surface area contributed by atoms with Gasteiger partial charge < -0.3 is 0 Å². The number of nitro groups is 1. The average molecular weight is 153 g/mol. The van der Waals surface area contributed by atoms with Crippen molar-refractivity contribution in [2.45, 2.75) is 13.8 Å². The molecule has 0 rings (SSSR count). The van der Waals surface area contributed by atoms with Crippen molar-refractivity contribution >= 4 is 0 Å².